The Hall–Kier alpha value is -4.17. The molecule has 0 saturated carbocycles. The highest BCUT2D eigenvalue weighted by atomic mass is 35.5. The largest absolute Gasteiger partial charge is 0.496 e. The minimum atomic E-state index is -1.10. The molecular weight excluding hydrogens is 506 g/mol. The van der Waals surface area contributed by atoms with E-state index in [1.54, 1.807) is 43.5 Å². The van der Waals surface area contributed by atoms with Gasteiger partial charge in [0.25, 0.3) is 5.56 Å². The second-order valence-electron chi connectivity index (χ2n) is 9.17. The fourth-order valence-electron chi connectivity index (χ4n) is 4.03. The number of methoxy groups -OCH3 is 1. The van der Waals surface area contributed by atoms with Crippen molar-refractivity contribution in [3.05, 3.63) is 86.7 Å². The van der Waals surface area contributed by atoms with Crippen LogP contribution in [0.15, 0.2) is 64.5 Å². The van der Waals surface area contributed by atoms with Gasteiger partial charge in [0.2, 0.25) is 0 Å². The summed E-state index contributed by atoms with van der Waals surface area (Å²) in [6.45, 7) is 7.50. The Kier molecular flexibility index (Phi) is 7.83. The summed E-state index contributed by atoms with van der Waals surface area (Å²) in [6, 6.07) is 15.9. The third-order valence-corrected chi connectivity index (χ3v) is 6.42. The molecule has 1 aromatic heterocycles. The van der Waals surface area contributed by atoms with Crippen molar-refractivity contribution in [2.24, 2.45) is 5.10 Å². The summed E-state index contributed by atoms with van der Waals surface area (Å²) in [7, 11) is 1.64. The Morgan fingerprint density at radius 3 is 2.50 bits per heavy atom. The van der Waals surface area contributed by atoms with Gasteiger partial charge >= 0.3 is 5.97 Å². The topological polar surface area (TPSA) is 103 Å². The highest BCUT2D eigenvalue weighted by molar-refractivity contribution is 6.32. The van der Waals surface area contributed by atoms with Crippen molar-refractivity contribution in [2.45, 2.75) is 39.7 Å². The molecule has 3 aromatic carbocycles. The number of carboxylic acid groups (broad SMARTS) is 1. The van der Waals surface area contributed by atoms with Crippen LogP contribution in [-0.2, 0) is 4.79 Å². The van der Waals surface area contributed by atoms with Gasteiger partial charge in [0.05, 0.1) is 29.2 Å². The van der Waals surface area contributed by atoms with E-state index < -0.39 is 12.1 Å². The van der Waals surface area contributed by atoms with Crippen LogP contribution in [0.3, 0.4) is 0 Å². The number of halogens is 1. The number of para-hydroxylation sites is 1. The molecule has 1 N–H and O–H groups in total. The minimum Gasteiger partial charge on any atom is -0.496 e. The molecule has 0 unspecified atom stereocenters. The highest BCUT2D eigenvalue weighted by Gasteiger charge is 2.19. The second-order valence-corrected chi connectivity index (χ2v) is 9.57. The lowest BCUT2D eigenvalue weighted by Gasteiger charge is -2.17. The summed E-state index contributed by atoms with van der Waals surface area (Å²) in [5, 5.41) is 14.3. The zero-order valence-electron chi connectivity index (χ0n) is 21.7. The molecule has 8 nitrogen and oxygen atoms in total. The standard InChI is InChI=1S/C29H28ClN3O5/c1-16(2)21-14-22(17(3)12-26(21)37-5)27-32-24-9-7-6-8-20(24)28(34)33(27)31-15-19-10-11-25(23(30)13-19)38-18(4)29(35)36/h6-16,18H,1-5H3,(H,35,36)/t18-/m0/s1. The van der Waals surface area contributed by atoms with Crippen molar-refractivity contribution in [1.82, 2.24) is 9.66 Å². The van der Waals surface area contributed by atoms with Gasteiger partial charge < -0.3 is 14.6 Å². The Labute approximate surface area is 225 Å². The van der Waals surface area contributed by atoms with Gasteiger partial charge in [0, 0.05) is 5.56 Å². The Morgan fingerprint density at radius 1 is 1.11 bits per heavy atom. The Balaban J connectivity index is 1.85. The van der Waals surface area contributed by atoms with Crippen LogP contribution in [0.2, 0.25) is 5.02 Å². The number of fused-ring (bicyclic) bond motifs is 1. The van der Waals surface area contributed by atoms with Gasteiger partial charge in [-0.2, -0.15) is 9.78 Å². The molecule has 0 aliphatic carbocycles. The van der Waals surface area contributed by atoms with Crippen LogP contribution >= 0.6 is 11.6 Å². The van der Waals surface area contributed by atoms with Crippen LogP contribution < -0.4 is 15.0 Å². The lowest BCUT2D eigenvalue weighted by Crippen LogP contribution is -2.23. The predicted octanol–water partition coefficient (Wildman–Crippen LogP) is 5.89. The van der Waals surface area contributed by atoms with Crippen molar-refractivity contribution >= 4 is 34.7 Å². The number of aromatic nitrogens is 2. The Morgan fingerprint density at radius 2 is 1.84 bits per heavy atom. The number of hydrogen-bond acceptors (Lipinski definition) is 6. The lowest BCUT2D eigenvalue weighted by molar-refractivity contribution is -0.144. The number of carboxylic acids is 1. The van der Waals surface area contributed by atoms with Gasteiger partial charge in [-0.3, -0.25) is 4.79 Å². The summed E-state index contributed by atoms with van der Waals surface area (Å²) < 4.78 is 12.3. The maximum absolute atomic E-state index is 13.6. The molecule has 4 aromatic rings. The van der Waals surface area contributed by atoms with Crippen molar-refractivity contribution in [3.63, 3.8) is 0 Å². The van der Waals surface area contributed by atoms with E-state index in [2.05, 4.69) is 18.9 Å². The Bertz CT molecular complexity index is 1610. The number of aryl methyl sites for hydroxylation is 1. The zero-order valence-corrected chi connectivity index (χ0v) is 22.5. The zero-order chi connectivity index (χ0) is 27.6. The van der Waals surface area contributed by atoms with E-state index in [0.717, 1.165) is 22.4 Å². The minimum absolute atomic E-state index is 0.181. The van der Waals surface area contributed by atoms with Gasteiger partial charge in [-0.25, -0.2) is 9.78 Å². The van der Waals surface area contributed by atoms with E-state index in [9.17, 15) is 9.59 Å². The summed E-state index contributed by atoms with van der Waals surface area (Å²) in [6.07, 6.45) is 0.445. The van der Waals surface area contributed by atoms with Gasteiger partial charge in [-0.05, 0) is 78.9 Å². The molecule has 0 saturated heterocycles. The summed E-state index contributed by atoms with van der Waals surface area (Å²) >= 11 is 6.32. The smallest absolute Gasteiger partial charge is 0.344 e. The number of aliphatic carboxylic acids is 1. The molecule has 0 aliphatic heterocycles. The maximum Gasteiger partial charge on any atom is 0.344 e. The van der Waals surface area contributed by atoms with Crippen molar-refractivity contribution < 1.29 is 19.4 Å². The van der Waals surface area contributed by atoms with Crippen LogP contribution in [-0.4, -0.2) is 40.2 Å². The summed E-state index contributed by atoms with van der Waals surface area (Å²) in [5.41, 5.74) is 3.48. The molecule has 0 radical (unpaired) electrons. The third kappa shape index (κ3) is 5.40. The van der Waals surface area contributed by atoms with Crippen LogP contribution in [0, 0.1) is 6.92 Å². The molecule has 38 heavy (non-hydrogen) atoms. The van der Waals surface area contributed by atoms with Crippen LogP contribution in [0.25, 0.3) is 22.3 Å². The van der Waals surface area contributed by atoms with E-state index in [0.29, 0.717) is 22.3 Å². The molecule has 1 heterocycles. The number of rotatable bonds is 8. The molecule has 0 aliphatic rings. The molecule has 0 fully saturated rings. The fourth-order valence-corrected chi connectivity index (χ4v) is 4.26. The van der Waals surface area contributed by atoms with E-state index in [1.165, 1.54) is 17.8 Å². The van der Waals surface area contributed by atoms with Crippen molar-refractivity contribution in [3.8, 4) is 22.9 Å². The number of benzene rings is 3. The molecule has 9 heteroatoms. The van der Waals surface area contributed by atoms with Crippen LogP contribution in [0.5, 0.6) is 11.5 Å². The van der Waals surface area contributed by atoms with E-state index >= 15 is 0 Å². The predicted molar refractivity (Wildman–Crippen MR) is 149 cm³/mol. The number of carbonyl (C=O) groups is 1. The maximum atomic E-state index is 13.6. The van der Waals surface area contributed by atoms with Gasteiger partial charge in [-0.15, -0.1) is 0 Å². The van der Waals surface area contributed by atoms with E-state index in [-0.39, 0.29) is 22.2 Å². The van der Waals surface area contributed by atoms with Gasteiger partial charge in [0.15, 0.2) is 11.9 Å². The number of ether oxygens (including phenoxy) is 2. The van der Waals surface area contributed by atoms with Crippen molar-refractivity contribution in [1.29, 1.82) is 0 Å². The first-order chi connectivity index (χ1) is 18.1. The van der Waals surface area contributed by atoms with E-state index in [1.807, 2.05) is 25.1 Å². The monoisotopic (exact) mass is 533 g/mol. The molecule has 4 rings (SSSR count). The third-order valence-electron chi connectivity index (χ3n) is 6.12. The average molecular weight is 534 g/mol. The highest BCUT2D eigenvalue weighted by Crippen LogP contribution is 2.34. The normalized spacial score (nSPS) is 12.3. The second kappa shape index (κ2) is 11.1. The molecule has 196 valence electrons. The van der Waals surface area contributed by atoms with E-state index in [4.69, 9.17) is 31.2 Å². The molecule has 0 bridgehead atoms. The summed E-state index contributed by atoms with van der Waals surface area (Å²) in [5.74, 6) is 0.484. The molecular formula is C29H28ClN3O5. The van der Waals surface area contributed by atoms with Crippen molar-refractivity contribution in [2.75, 3.05) is 7.11 Å². The van der Waals surface area contributed by atoms with Gasteiger partial charge in [0.1, 0.15) is 11.5 Å². The first-order valence-electron chi connectivity index (χ1n) is 12.0. The lowest BCUT2D eigenvalue weighted by atomic mass is 9.96. The van der Waals surface area contributed by atoms with Crippen LogP contribution in [0.1, 0.15) is 43.4 Å². The molecule has 0 amide bonds. The average Bonchev–Trinajstić information content (AvgIpc) is 2.89. The number of nitrogens with zero attached hydrogens (tertiary/aromatic N) is 3. The van der Waals surface area contributed by atoms with Crippen LogP contribution in [0.4, 0.5) is 0 Å². The quantitative estimate of drug-likeness (QED) is 0.283. The molecule has 0 spiro atoms. The molecule has 1 atom stereocenters. The SMILES string of the molecule is COc1cc(C)c(-c2nc3ccccc3c(=O)n2N=Cc2ccc(O[C@@H](C)C(=O)O)c(Cl)c2)cc1C(C)C. The fraction of sp³-hybridized carbons (Fsp3) is 0.241. The first-order valence-corrected chi connectivity index (χ1v) is 12.4. The number of hydrogen-bond donors (Lipinski definition) is 1. The first kappa shape index (κ1) is 26.9. The summed E-state index contributed by atoms with van der Waals surface area (Å²) in [4.78, 5) is 29.5. The van der Waals surface area contributed by atoms with Gasteiger partial charge in [-0.1, -0.05) is 37.6 Å².